The van der Waals surface area contributed by atoms with Crippen LogP contribution >= 0.6 is 11.6 Å². The highest BCUT2D eigenvalue weighted by Gasteiger charge is 2.25. The van der Waals surface area contributed by atoms with Crippen molar-refractivity contribution in [1.82, 2.24) is 24.6 Å². The molecule has 0 aliphatic carbocycles. The van der Waals surface area contributed by atoms with E-state index in [0.29, 0.717) is 41.8 Å². The summed E-state index contributed by atoms with van der Waals surface area (Å²) in [5, 5.41) is 6.22. The summed E-state index contributed by atoms with van der Waals surface area (Å²) in [5.41, 5.74) is 2.88. The molecule has 1 aliphatic heterocycles. The van der Waals surface area contributed by atoms with E-state index in [-0.39, 0.29) is 11.7 Å². The zero-order valence-corrected chi connectivity index (χ0v) is 22.7. The minimum atomic E-state index is -0.295. The second-order valence-corrected chi connectivity index (χ2v) is 10.6. The van der Waals surface area contributed by atoms with E-state index in [2.05, 4.69) is 18.7 Å². The summed E-state index contributed by atoms with van der Waals surface area (Å²) >= 11 is 6.13. The van der Waals surface area contributed by atoms with Crippen molar-refractivity contribution < 1.29 is 9.18 Å². The average Bonchev–Trinajstić information content (AvgIpc) is 3.07. The van der Waals surface area contributed by atoms with E-state index >= 15 is 0 Å². The monoisotopic (exact) mass is 534 g/mol. The largest absolute Gasteiger partial charge is 0.354 e. The van der Waals surface area contributed by atoms with Gasteiger partial charge in [0.15, 0.2) is 5.65 Å². The van der Waals surface area contributed by atoms with Crippen LogP contribution in [0.15, 0.2) is 48.5 Å². The Kier molecular flexibility index (Phi) is 7.61. The van der Waals surface area contributed by atoms with Crippen LogP contribution in [-0.4, -0.2) is 56.7 Å². The molecule has 1 saturated heterocycles. The first-order chi connectivity index (χ1) is 18.3. The number of halogens is 2. The number of aromatic nitrogens is 4. The topological polar surface area (TPSA) is 67.2 Å². The van der Waals surface area contributed by atoms with Gasteiger partial charge in [-0.15, -0.1) is 0 Å². The lowest BCUT2D eigenvalue weighted by Crippen LogP contribution is -2.35. The molecule has 7 nitrogen and oxygen atoms in total. The van der Waals surface area contributed by atoms with Crippen LogP contribution in [0, 0.1) is 18.7 Å². The molecular formula is C29H32ClFN6O. The molecule has 1 fully saturated rings. The van der Waals surface area contributed by atoms with Gasteiger partial charge in [0.2, 0.25) is 0 Å². The summed E-state index contributed by atoms with van der Waals surface area (Å²) in [6.45, 7) is 8.96. The van der Waals surface area contributed by atoms with Gasteiger partial charge in [-0.1, -0.05) is 31.5 Å². The molecule has 38 heavy (non-hydrogen) atoms. The van der Waals surface area contributed by atoms with E-state index in [0.717, 1.165) is 54.2 Å². The molecular weight excluding hydrogens is 503 g/mol. The third kappa shape index (κ3) is 5.50. The van der Waals surface area contributed by atoms with Crippen LogP contribution in [0.1, 0.15) is 48.6 Å². The first-order valence-corrected chi connectivity index (χ1v) is 13.5. The number of hydrogen-bond acceptors (Lipinski definition) is 5. The highest BCUT2D eigenvalue weighted by Crippen LogP contribution is 2.30. The number of carbonyl (C=O) groups is 1. The molecule has 3 heterocycles. The van der Waals surface area contributed by atoms with Gasteiger partial charge in [0.1, 0.15) is 17.5 Å². The molecule has 0 saturated carbocycles. The Bertz CT molecular complexity index is 1450. The molecule has 0 N–H and O–H groups in total. The maximum absolute atomic E-state index is 13.6. The van der Waals surface area contributed by atoms with Crippen molar-refractivity contribution in [1.29, 1.82) is 0 Å². The molecule has 2 aromatic heterocycles. The number of nitrogens with zero attached hydrogens (tertiary/aromatic N) is 6. The molecule has 0 unspecified atom stereocenters. The summed E-state index contributed by atoms with van der Waals surface area (Å²) < 4.78 is 15.4. The maximum atomic E-state index is 13.6. The summed E-state index contributed by atoms with van der Waals surface area (Å²) in [7, 11) is 0. The average molecular weight is 535 g/mol. The van der Waals surface area contributed by atoms with Crippen LogP contribution in [0.2, 0.25) is 5.02 Å². The molecule has 0 spiro atoms. The number of rotatable bonds is 6. The molecule has 1 amide bonds. The Morgan fingerprint density at radius 3 is 2.58 bits per heavy atom. The molecule has 198 valence electrons. The fourth-order valence-electron chi connectivity index (χ4n) is 4.86. The van der Waals surface area contributed by atoms with Gasteiger partial charge < -0.3 is 9.80 Å². The molecule has 0 radical (unpaired) electrons. The lowest BCUT2D eigenvalue weighted by Gasteiger charge is -2.24. The second-order valence-electron chi connectivity index (χ2n) is 10.2. The Balaban J connectivity index is 1.50. The number of carbonyl (C=O) groups excluding carboxylic acids is 1. The number of fused-ring (bicyclic) bond motifs is 1. The summed E-state index contributed by atoms with van der Waals surface area (Å²) in [6.07, 6.45) is 2.53. The van der Waals surface area contributed by atoms with Crippen LogP contribution in [0.4, 0.5) is 10.2 Å². The first-order valence-electron chi connectivity index (χ1n) is 13.1. The normalized spacial score (nSPS) is 14.4. The lowest BCUT2D eigenvalue weighted by atomic mass is 10.1. The van der Waals surface area contributed by atoms with Gasteiger partial charge in [-0.05, 0) is 68.1 Å². The third-order valence-electron chi connectivity index (χ3n) is 6.90. The van der Waals surface area contributed by atoms with Crippen molar-refractivity contribution in [3.05, 3.63) is 76.5 Å². The highest BCUT2D eigenvalue weighted by molar-refractivity contribution is 6.30. The minimum Gasteiger partial charge on any atom is -0.354 e. The van der Waals surface area contributed by atoms with Crippen LogP contribution in [0.25, 0.3) is 16.7 Å². The van der Waals surface area contributed by atoms with Gasteiger partial charge in [0.05, 0.1) is 16.8 Å². The Hall–Kier alpha value is -3.52. The standard InChI is InChI=1S/C29H32ClFN6O/c1-19(2)8-13-25-32-27(26-20(3)34-37(28(26)33-25)24-11-9-23(31)10-12-24)35-14-5-15-36(17-16-35)29(38)21-6-4-7-22(30)18-21/h4,6-7,9-12,18-19H,5,8,13-17H2,1-3H3. The predicted octanol–water partition coefficient (Wildman–Crippen LogP) is 5.86. The van der Waals surface area contributed by atoms with Gasteiger partial charge in [0, 0.05) is 43.2 Å². The van der Waals surface area contributed by atoms with Crippen LogP contribution < -0.4 is 4.90 Å². The molecule has 4 aromatic rings. The van der Waals surface area contributed by atoms with Crippen molar-refractivity contribution >= 4 is 34.4 Å². The van der Waals surface area contributed by atoms with Crippen molar-refractivity contribution in [3.63, 3.8) is 0 Å². The van der Waals surface area contributed by atoms with E-state index in [9.17, 15) is 9.18 Å². The highest BCUT2D eigenvalue weighted by atomic mass is 35.5. The molecule has 5 rings (SSSR count). The van der Waals surface area contributed by atoms with Gasteiger partial charge >= 0.3 is 0 Å². The Labute approximate surface area is 227 Å². The molecule has 2 aromatic carbocycles. The summed E-state index contributed by atoms with van der Waals surface area (Å²) in [5.74, 6) is 1.82. The number of benzene rings is 2. The van der Waals surface area contributed by atoms with Gasteiger partial charge in [-0.25, -0.2) is 19.0 Å². The number of aryl methyl sites for hydroxylation is 2. The predicted molar refractivity (Wildman–Crippen MR) is 149 cm³/mol. The quantitative estimate of drug-likeness (QED) is 0.310. The zero-order valence-electron chi connectivity index (χ0n) is 22.0. The van der Waals surface area contributed by atoms with Gasteiger partial charge in [-0.2, -0.15) is 5.10 Å². The SMILES string of the molecule is Cc1nn(-c2ccc(F)cc2)c2nc(CCC(C)C)nc(N3CCCN(C(=O)c4cccc(Cl)c4)CC3)c12. The Morgan fingerprint density at radius 1 is 1.05 bits per heavy atom. The fourth-order valence-corrected chi connectivity index (χ4v) is 5.05. The van der Waals surface area contributed by atoms with E-state index in [1.54, 1.807) is 41.1 Å². The summed E-state index contributed by atoms with van der Waals surface area (Å²) in [6, 6.07) is 13.4. The van der Waals surface area contributed by atoms with Gasteiger partial charge in [-0.3, -0.25) is 4.79 Å². The van der Waals surface area contributed by atoms with E-state index in [1.807, 2.05) is 11.8 Å². The van der Waals surface area contributed by atoms with Crippen LogP contribution in [-0.2, 0) is 6.42 Å². The minimum absolute atomic E-state index is 0.0138. The van der Waals surface area contributed by atoms with Crippen molar-refractivity contribution in [2.75, 3.05) is 31.1 Å². The van der Waals surface area contributed by atoms with Crippen molar-refractivity contribution in [3.8, 4) is 5.69 Å². The van der Waals surface area contributed by atoms with Crippen LogP contribution in [0.3, 0.4) is 0 Å². The lowest BCUT2D eigenvalue weighted by molar-refractivity contribution is 0.0767. The molecule has 0 bridgehead atoms. The molecule has 9 heteroatoms. The second kappa shape index (κ2) is 11.1. The molecule has 1 aliphatic rings. The van der Waals surface area contributed by atoms with E-state index < -0.39 is 0 Å². The molecule has 0 atom stereocenters. The zero-order chi connectivity index (χ0) is 26.8. The number of anilines is 1. The van der Waals surface area contributed by atoms with Crippen LogP contribution in [0.5, 0.6) is 0 Å². The smallest absolute Gasteiger partial charge is 0.253 e. The maximum Gasteiger partial charge on any atom is 0.253 e. The number of hydrogen-bond donors (Lipinski definition) is 0. The number of amides is 1. The fraction of sp³-hybridized carbons (Fsp3) is 0.379. The Morgan fingerprint density at radius 2 is 1.84 bits per heavy atom. The van der Waals surface area contributed by atoms with Crippen molar-refractivity contribution in [2.45, 2.75) is 40.0 Å². The van der Waals surface area contributed by atoms with Crippen molar-refractivity contribution in [2.24, 2.45) is 5.92 Å². The first kappa shape index (κ1) is 26.1. The van der Waals surface area contributed by atoms with E-state index in [4.69, 9.17) is 26.7 Å². The summed E-state index contributed by atoms with van der Waals surface area (Å²) in [4.78, 5) is 27.3. The van der Waals surface area contributed by atoms with Gasteiger partial charge in [0.25, 0.3) is 5.91 Å². The van der Waals surface area contributed by atoms with E-state index in [1.165, 1.54) is 12.1 Å². The third-order valence-corrected chi connectivity index (χ3v) is 7.14.